The van der Waals surface area contributed by atoms with Gasteiger partial charge in [0.25, 0.3) is 5.91 Å². The number of halogens is 3. The van der Waals surface area contributed by atoms with Gasteiger partial charge in [0.15, 0.2) is 0 Å². The van der Waals surface area contributed by atoms with Crippen molar-refractivity contribution >= 4 is 5.91 Å². The molecule has 1 radical (unpaired) electrons. The van der Waals surface area contributed by atoms with Gasteiger partial charge in [-0.15, -0.1) is 0 Å². The molecule has 6 heteroatoms. The summed E-state index contributed by atoms with van der Waals surface area (Å²) in [5, 5.41) is 4.02. The minimum absolute atomic E-state index is 0.328. The third-order valence-corrected chi connectivity index (χ3v) is 2.56. The predicted molar refractivity (Wildman–Crippen MR) is 54.1 cm³/mol. The predicted octanol–water partition coefficient (Wildman–Crippen LogP) is 1.16. The zero-order valence-electron chi connectivity index (χ0n) is 8.92. The van der Waals surface area contributed by atoms with Gasteiger partial charge in [0.1, 0.15) is 23.0 Å². The quantitative estimate of drug-likeness (QED) is 0.729. The van der Waals surface area contributed by atoms with Crippen molar-refractivity contribution in [2.24, 2.45) is 0 Å². The van der Waals surface area contributed by atoms with E-state index in [0.717, 1.165) is 0 Å². The van der Waals surface area contributed by atoms with Crippen LogP contribution in [-0.2, 0) is 0 Å². The van der Waals surface area contributed by atoms with Crippen LogP contribution in [0, 0.1) is 17.5 Å². The van der Waals surface area contributed by atoms with E-state index in [4.69, 9.17) is 0 Å². The largest absolute Gasteiger partial charge is 0.336 e. The van der Waals surface area contributed by atoms with Gasteiger partial charge in [0, 0.05) is 38.3 Å². The second kappa shape index (κ2) is 4.75. The summed E-state index contributed by atoms with van der Waals surface area (Å²) in [4.78, 5) is 13.1. The van der Waals surface area contributed by atoms with Crippen LogP contribution >= 0.6 is 0 Å². The second-order valence-corrected chi connectivity index (χ2v) is 3.71. The number of carbonyl (C=O) groups is 1. The lowest BCUT2D eigenvalue weighted by molar-refractivity contribution is 0.0724. The molecular formula is C11H10F3N2O. The van der Waals surface area contributed by atoms with Crippen LogP contribution in [0.25, 0.3) is 0 Å². The Morgan fingerprint density at radius 3 is 2.18 bits per heavy atom. The minimum Gasteiger partial charge on any atom is -0.336 e. The molecule has 0 unspecified atom stereocenters. The zero-order chi connectivity index (χ0) is 12.4. The maximum Gasteiger partial charge on any atom is 0.259 e. The monoisotopic (exact) mass is 243 g/mol. The first-order valence-corrected chi connectivity index (χ1v) is 5.16. The zero-order valence-corrected chi connectivity index (χ0v) is 8.92. The molecule has 0 atom stereocenters. The van der Waals surface area contributed by atoms with Crippen LogP contribution in [-0.4, -0.2) is 37.0 Å². The summed E-state index contributed by atoms with van der Waals surface area (Å²) in [6.07, 6.45) is 0. The molecule has 1 aromatic carbocycles. The van der Waals surface area contributed by atoms with Gasteiger partial charge < -0.3 is 4.90 Å². The third kappa shape index (κ3) is 2.41. The van der Waals surface area contributed by atoms with Gasteiger partial charge in [-0.05, 0) is 0 Å². The Kier molecular flexibility index (Phi) is 3.33. The molecule has 1 fully saturated rings. The first-order chi connectivity index (χ1) is 8.09. The Bertz CT molecular complexity index is 421. The standard InChI is InChI=1S/C11H10F3N2O/c12-7-5-8(13)10(9(14)6-7)11(17)16-3-1-15-2-4-16/h5-6H,1-4H2. The molecule has 0 bridgehead atoms. The molecule has 0 spiro atoms. The lowest BCUT2D eigenvalue weighted by Crippen LogP contribution is -2.44. The van der Waals surface area contributed by atoms with Gasteiger partial charge in [-0.2, -0.15) is 0 Å². The topological polar surface area (TPSA) is 34.4 Å². The maximum absolute atomic E-state index is 13.4. The molecule has 1 heterocycles. The summed E-state index contributed by atoms with van der Waals surface area (Å²) in [5.41, 5.74) is -0.701. The summed E-state index contributed by atoms with van der Waals surface area (Å²) in [6, 6.07) is 1.01. The van der Waals surface area contributed by atoms with E-state index in [-0.39, 0.29) is 0 Å². The van der Waals surface area contributed by atoms with Crippen LogP contribution in [0.15, 0.2) is 12.1 Å². The number of benzene rings is 1. The third-order valence-electron chi connectivity index (χ3n) is 2.56. The van der Waals surface area contributed by atoms with Gasteiger partial charge in [-0.1, -0.05) is 0 Å². The van der Waals surface area contributed by atoms with E-state index in [1.807, 2.05) is 0 Å². The van der Waals surface area contributed by atoms with E-state index in [1.54, 1.807) is 0 Å². The van der Waals surface area contributed by atoms with Gasteiger partial charge in [-0.25, -0.2) is 18.5 Å². The molecule has 91 valence electrons. The number of carbonyl (C=O) groups excluding carboxylic acids is 1. The van der Waals surface area contributed by atoms with Crippen molar-refractivity contribution in [2.75, 3.05) is 26.2 Å². The Morgan fingerprint density at radius 2 is 1.65 bits per heavy atom. The van der Waals surface area contributed by atoms with Crippen LogP contribution < -0.4 is 5.32 Å². The Balaban J connectivity index is 2.30. The maximum atomic E-state index is 13.4. The molecule has 1 saturated heterocycles. The van der Waals surface area contributed by atoms with Gasteiger partial charge in [-0.3, -0.25) is 4.79 Å². The van der Waals surface area contributed by atoms with Crippen molar-refractivity contribution in [3.05, 3.63) is 35.1 Å². The van der Waals surface area contributed by atoms with E-state index in [1.165, 1.54) is 4.90 Å². The Labute approximate surface area is 96.2 Å². The number of rotatable bonds is 1. The average Bonchev–Trinajstić information content (AvgIpc) is 2.28. The highest BCUT2D eigenvalue weighted by atomic mass is 19.1. The summed E-state index contributed by atoms with van der Waals surface area (Å²) in [5.74, 6) is -4.13. The number of amides is 1. The summed E-state index contributed by atoms with van der Waals surface area (Å²) >= 11 is 0. The molecule has 17 heavy (non-hydrogen) atoms. The van der Waals surface area contributed by atoms with Crippen LogP contribution in [0.1, 0.15) is 10.4 Å². The average molecular weight is 243 g/mol. The molecule has 1 aromatic rings. The van der Waals surface area contributed by atoms with Crippen LogP contribution in [0.3, 0.4) is 0 Å². The van der Waals surface area contributed by atoms with Crippen molar-refractivity contribution in [2.45, 2.75) is 0 Å². The van der Waals surface area contributed by atoms with E-state index in [0.29, 0.717) is 38.3 Å². The first-order valence-electron chi connectivity index (χ1n) is 5.16. The van der Waals surface area contributed by atoms with Crippen molar-refractivity contribution in [1.29, 1.82) is 0 Å². The molecule has 0 aliphatic carbocycles. The lowest BCUT2D eigenvalue weighted by atomic mass is 10.1. The fraction of sp³-hybridized carbons (Fsp3) is 0.364. The highest BCUT2D eigenvalue weighted by Gasteiger charge is 2.25. The highest BCUT2D eigenvalue weighted by molar-refractivity contribution is 5.94. The fourth-order valence-corrected chi connectivity index (χ4v) is 1.71. The van der Waals surface area contributed by atoms with Gasteiger partial charge in [0.05, 0.1) is 0 Å². The number of piperazine rings is 1. The molecule has 3 nitrogen and oxygen atoms in total. The highest BCUT2D eigenvalue weighted by Crippen LogP contribution is 2.17. The molecule has 0 N–H and O–H groups in total. The van der Waals surface area contributed by atoms with Crippen LogP contribution in [0.4, 0.5) is 13.2 Å². The fourth-order valence-electron chi connectivity index (χ4n) is 1.71. The lowest BCUT2D eigenvalue weighted by Gasteiger charge is -2.26. The van der Waals surface area contributed by atoms with E-state index < -0.39 is 28.9 Å². The smallest absolute Gasteiger partial charge is 0.259 e. The normalized spacial score (nSPS) is 16.1. The summed E-state index contributed by atoms with van der Waals surface area (Å²) < 4.78 is 39.4. The van der Waals surface area contributed by atoms with Crippen LogP contribution in [0.5, 0.6) is 0 Å². The van der Waals surface area contributed by atoms with E-state index in [2.05, 4.69) is 5.32 Å². The number of nitrogens with zero attached hydrogens (tertiary/aromatic N) is 2. The Morgan fingerprint density at radius 1 is 1.12 bits per heavy atom. The number of hydrogen-bond donors (Lipinski definition) is 0. The first kappa shape index (κ1) is 11.9. The summed E-state index contributed by atoms with van der Waals surface area (Å²) in [7, 11) is 0. The molecule has 1 aliphatic rings. The van der Waals surface area contributed by atoms with Gasteiger partial charge in [0.2, 0.25) is 0 Å². The molecule has 1 aliphatic heterocycles. The summed E-state index contributed by atoms with van der Waals surface area (Å²) in [6.45, 7) is 1.57. The van der Waals surface area contributed by atoms with Crippen molar-refractivity contribution < 1.29 is 18.0 Å². The number of hydrogen-bond acceptors (Lipinski definition) is 1. The molecule has 0 aromatic heterocycles. The molecule has 1 amide bonds. The Hall–Kier alpha value is -1.56. The van der Waals surface area contributed by atoms with Crippen LogP contribution in [0.2, 0.25) is 0 Å². The van der Waals surface area contributed by atoms with E-state index >= 15 is 0 Å². The molecule has 2 rings (SSSR count). The van der Waals surface area contributed by atoms with Crippen molar-refractivity contribution in [1.82, 2.24) is 10.2 Å². The molecule has 0 saturated carbocycles. The second-order valence-electron chi connectivity index (χ2n) is 3.71. The SMILES string of the molecule is O=C(c1c(F)cc(F)cc1F)N1CC[N]CC1. The van der Waals surface area contributed by atoms with Crippen molar-refractivity contribution in [3.63, 3.8) is 0 Å². The van der Waals surface area contributed by atoms with Crippen molar-refractivity contribution in [3.8, 4) is 0 Å². The minimum atomic E-state index is -1.17. The molecular weight excluding hydrogens is 233 g/mol. The van der Waals surface area contributed by atoms with Gasteiger partial charge >= 0.3 is 0 Å². The van der Waals surface area contributed by atoms with E-state index in [9.17, 15) is 18.0 Å².